The van der Waals surface area contributed by atoms with Gasteiger partial charge in [0.05, 0.1) is 10.5 Å². The van der Waals surface area contributed by atoms with E-state index >= 15 is 0 Å². The molecule has 3 aromatic carbocycles. The topological polar surface area (TPSA) is 26.0 Å². The summed E-state index contributed by atoms with van der Waals surface area (Å²) in [5, 5.41) is 2.52. The fourth-order valence-electron chi connectivity index (χ4n) is 2.49. The summed E-state index contributed by atoms with van der Waals surface area (Å²) in [6.45, 7) is 0. The van der Waals surface area contributed by atoms with E-state index in [2.05, 4.69) is 15.9 Å². The van der Waals surface area contributed by atoms with Crippen molar-refractivity contribution in [3.05, 3.63) is 81.0 Å². The molecule has 0 bridgehead atoms. The van der Waals surface area contributed by atoms with Crippen LogP contribution < -0.4 is 5.73 Å². The molecule has 0 saturated carbocycles. The Kier molecular flexibility index (Phi) is 3.98. The monoisotopic (exact) mass is 363 g/mol. The van der Waals surface area contributed by atoms with Crippen LogP contribution in [0.2, 0.25) is 5.02 Å². The van der Waals surface area contributed by atoms with Gasteiger partial charge in [-0.05, 0) is 39.0 Å². The molecule has 1 unspecified atom stereocenters. The Balaban J connectivity index is 2.21. The molecule has 1 atom stereocenters. The van der Waals surface area contributed by atoms with Crippen LogP contribution in [0.15, 0.2) is 59.1 Å². The minimum Gasteiger partial charge on any atom is -0.320 e. The molecular weight excluding hydrogens is 353 g/mol. The standard InChI is InChI=1S/C17H12BrClFN/c18-14-7-3-6-13(16(14)20)17(21)12-8-9-15(19)11-5-2-1-4-10(11)12/h1-9,17H,21H2. The second kappa shape index (κ2) is 5.76. The molecule has 3 rings (SSSR count). The van der Waals surface area contributed by atoms with Crippen molar-refractivity contribution in [1.82, 2.24) is 0 Å². The lowest BCUT2D eigenvalue weighted by molar-refractivity contribution is 0.594. The lowest BCUT2D eigenvalue weighted by Crippen LogP contribution is -2.14. The van der Waals surface area contributed by atoms with Crippen molar-refractivity contribution in [3.8, 4) is 0 Å². The predicted octanol–water partition coefficient (Wildman–Crippen LogP) is 5.44. The molecule has 21 heavy (non-hydrogen) atoms. The third kappa shape index (κ3) is 2.57. The average Bonchev–Trinajstić information content (AvgIpc) is 2.50. The fourth-order valence-corrected chi connectivity index (χ4v) is 3.09. The Morgan fingerprint density at radius 2 is 1.62 bits per heavy atom. The zero-order valence-corrected chi connectivity index (χ0v) is 13.3. The largest absolute Gasteiger partial charge is 0.320 e. The minimum absolute atomic E-state index is 0.330. The second-order valence-electron chi connectivity index (χ2n) is 4.80. The number of nitrogens with two attached hydrogens (primary N) is 1. The molecule has 0 fully saturated rings. The maximum Gasteiger partial charge on any atom is 0.142 e. The van der Waals surface area contributed by atoms with Crippen LogP contribution in [0.5, 0.6) is 0 Å². The second-order valence-corrected chi connectivity index (χ2v) is 6.06. The molecule has 4 heteroatoms. The molecular formula is C17H12BrClFN. The highest BCUT2D eigenvalue weighted by Gasteiger charge is 2.18. The Hall–Kier alpha value is -1.42. The summed E-state index contributed by atoms with van der Waals surface area (Å²) < 4.78 is 14.7. The van der Waals surface area contributed by atoms with Crippen LogP contribution in [0, 0.1) is 5.82 Å². The van der Waals surface area contributed by atoms with Crippen LogP contribution >= 0.6 is 27.5 Å². The van der Waals surface area contributed by atoms with Gasteiger partial charge in [0.1, 0.15) is 5.82 Å². The first kappa shape index (κ1) is 14.5. The molecule has 0 radical (unpaired) electrons. The predicted molar refractivity (Wildman–Crippen MR) is 89.1 cm³/mol. The van der Waals surface area contributed by atoms with Gasteiger partial charge < -0.3 is 5.73 Å². The SMILES string of the molecule is NC(c1cccc(Br)c1F)c1ccc(Cl)c2ccccc12. The van der Waals surface area contributed by atoms with Crippen LogP contribution in [-0.2, 0) is 0 Å². The summed E-state index contributed by atoms with van der Waals surface area (Å²) in [5.74, 6) is -0.330. The van der Waals surface area contributed by atoms with Crippen molar-refractivity contribution in [1.29, 1.82) is 0 Å². The van der Waals surface area contributed by atoms with E-state index in [4.69, 9.17) is 17.3 Å². The summed E-state index contributed by atoms with van der Waals surface area (Å²) in [6.07, 6.45) is 0. The quantitative estimate of drug-likeness (QED) is 0.643. The van der Waals surface area contributed by atoms with Crippen molar-refractivity contribution >= 4 is 38.3 Å². The van der Waals surface area contributed by atoms with Gasteiger partial charge in [-0.1, -0.05) is 54.1 Å². The number of benzene rings is 3. The molecule has 0 saturated heterocycles. The normalized spacial score (nSPS) is 12.6. The Labute approximate surface area is 135 Å². The first-order chi connectivity index (χ1) is 10.1. The van der Waals surface area contributed by atoms with Crippen molar-refractivity contribution in [2.75, 3.05) is 0 Å². The lowest BCUT2D eigenvalue weighted by atomic mass is 9.94. The number of halogens is 3. The highest BCUT2D eigenvalue weighted by Crippen LogP contribution is 2.33. The molecule has 0 aromatic heterocycles. The van der Waals surface area contributed by atoms with Gasteiger partial charge in [-0.2, -0.15) is 0 Å². The van der Waals surface area contributed by atoms with E-state index in [1.807, 2.05) is 30.3 Å². The van der Waals surface area contributed by atoms with Crippen molar-refractivity contribution in [2.24, 2.45) is 5.73 Å². The number of fused-ring (bicyclic) bond motifs is 1. The van der Waals surface area contributed by atoms with E-state index in [9.17, 15) is 4.39 Å². The molecule has 0 spiro atoms. The first-order valence-electron chi connectivity index (χ1n) is 6.46. The third-order valence-electron chi connectivity index (χ3n) is 3.56. The summed E-state index contributed by atoms with van der Waals surface area (Å²) in [4.78, 5) is 0. The van der Waals surface area contributed by atoms with Crippen LogP contribution in [0.1, 0.15) is 17.2 Å². The van der Waals surface area contributed by atoms with Crippen LogP contribution in [-0.4, -0.2) is 0 Å². The van der Waals surface area contributed by atoms with Gasteiger partial charge in [0, 0.05) is 16.0 Å². The van der Waals surface area contributed by atoms with Crippen molar-refractivity contribution in [2.45, 2.75) is 6.04 Å². The van der Waals surface area contributed by atoms with Gasteiger partial charge in [0.2, 0.25) is 0 Å². The van der Waals surface area contributed by atoms with Gasteiger partial charge in [-0.3, -0.25) is 0 Å². The summed E-state index contributed by atoms with van der Waals surface area (Å²) in [6, 6.07) is 16.0. The number of rotatable bonds is 2. The molecule has 0 amide bonds. The van der Waals surface area contributed by atoms with E-state index in [1.165, 1.54) is 0 Å². The van der Waals surface area contributed by atoms with Crippen molar-refractivity contribution < 1.29 is 4.39 Å². The molecule has 3 aromatic rings. The molecule has 2 N–H and O–H groups in total. The molecule has 0 aliphatic rings. The molecule has 0 aliphatic carbocycles. The minimum atomic E-state index is -0.551. The van der Waals surface area contributed by atoms with E-state index in [-0.39, 0.29) is 5.82 Å². The van der Waals surface area contributed by atoms with Crippen LogP contribution in [0.3, 0.4) is 0 Å². The maximum atomic E-state index is 14.3. The van der Waals surface area contributed by atoms with Gasteiger partial charge in [0.25, 0.3) is 0 Å². The lowest BCUT2D eigenvalue weighted by Gasteiger charge is -2.17. The zero-order valence-electron chi connectivity index (χ0n) is 11.0. The van der Waals surface area contributed by atoms with E-state index in [0.717, 1.165) is 16.3 Å². The van der Waals surface area contributed by atoms with Gasteiger partial charge >= 0.3 is 0 Å². The van der Waals surface area contributed by atoms with E-state index < -0.39 is 6.04 Å². The van der Waals surface area contributed by atoms with E-state index in [1.54, 1.807) is 24.3 Å². The zero-order chi connectivity index (χ0) is 15.0. The Bertz CT molecular complexity index is 819. The van der Waals surface area contributed by atoms with Gasteiger partial charge in [-0.15, -0.1) is 0 Å². The molecule has 0 aliphatic heterocycles. The fraction of sp³-hybridized carbons (Fsp3) is 0.0588. The van der Waals surface area contributed by atoms with Crippen molar-refractivity contribution in [3.63, 3.8) is 0 Å². The molecule has 0 heterocycles. The smallest absolute Gasteiger partial charge is 0.142 e. The van der Waals surface area contributed by atoms with Crippen LogP contribution in [0.4, 0.5) is 4.39 Å². The number of hydrogen-bond donors (Lipinski definition) is 1. The van der Waals surface area contributed by atoms with E-state index in [0.29, 0.717) is 15.1 Å². The summed E-state index contributed by atoms with van der Waals surface area (Å²) in [7, 11) is 0. The molecule has 1 nitrogen and oxygen atoms in total. The van der Waals surface area contributed by atoms with Gasteiger partial charge in [0.15, 0.2) is 0 Å². The Morgan fingerprint density at radius 1 is 0.905 bits per heavy atom. The van der Waals surface area contributed by atoms with Gasteiger partial charge in [-0.25, -0.2) is 4.39 Å². The molecule has 106 valence electrons. The highest BCUT2D eigenvalue weighted by atomic mass is 79.9. The summed E-state index contributed by atoms with van der Waals surface area (Å²) in [5.41, 5.74) is 7.61. The highest BCUT2D eigenvalue weighted by molar-refractivity contribution is 9.10. The summed E-state index contributed by atoms with van der Waals surface area (Å²) >= 11 is 9.41. The Morgan fingerprint density at radius 3 is 2.38 bits per heavy atom. The number of hydrogen-bond acceptors (Lipinski definition) is 1. The third-order valence-corrected chi connectivity index (χ3v) is 4.50. The average molecular weight is 365 g/mol. The van der Waals surface area contributed by atoms with Crippen LogP contribution in [0.25, 0.3) is 10.8 Å². The first-order valence-corrected chi connectivity index (χ1v) is 7.63. The maximum absolute atomic E-state index is 14.3.